The third-order valence-electron chi connectivity index (χ3n) is 5.33. The van der Waals surface area contributed by atoms with E-state index < -0.39 is 0 Å². The summed E-state index contributed by atoms with van der Waals surface area (Å²) in [7, 11) is 5.27. The van der Waals surface area contributed by atoms with Crippen molar-refractivity contribution < 1.29 is 19.0 Å². The minimum atomic E-state index is 0.0252. The van der Waals surface area contributed by atoms with E-state index in [0.29, 0.717) is 36.3 Å². The number of hydrogen-bond acceptors (Lipinski definition) is 8. The third kappa shape index (κ3) is 3.18. The lowest BCUT2D eigenvalue weighted by Gasteiger charge is -2.33. The summed E-state index contributed by atoms with van der Waals surface area (Å²) < 4.78 is 16.5. The van der Waals surface area contributed by atoms with Gasteiger partial charge in [0.05, 0.1) is 36.1 Å². The van der Waals surface area contributed by atoms with Gasteiger partial charge in [-0.05, 0) is 19.5 Å². The van der Waals surface area contributed by atoms with E-state index >= 15 is 0 Å². The van der Waals surface area contributed by atoms with Crippen molar-refractivity contribution in [2.45, 2.75) is 25.7 Å². The van der Waals surface area contributed by atoms with E-state index in [2.05, 4.69) is 21.9 Å². The molecule has 0 saturated carbocycles. The average Bonchev–Trinajstić information content (AvgIpc) is 3.23. The van der Waals surface area contributed by atoms with Gasteiger partial charge in [-0.1, -0.05) is 0 Å². The molecule has 0 unspecified atom stereocenters. The van der Waals surface area contributed by atoms with Gasteiger partial charge in [0.2, 0.25) is 5.88 Å². The number of rotatable bonds is 4. The Morgan fingerprint density at radius 2 is 2.15 bits per heavy atom. The molecule has 2 aliphatic rings. The van der Waals surface area contributed by atoms with E-state index in [-0.39, 0.29) is 18.1 Å². The van der Waals surface area contributed by atoms with Crippen LogP contribution in [0.25, 0.3) is 10.2 Å². The van der Waals surface area contributed by atoms with Crippen molar-refractivity contribution >= 4 is 27.5 Å². The van der Waals surface area contributed by atoms with Gasteiger partial charge in [0.15, 0.2) is 5.82 Å². The summed E-state index contributed by atoms with van der Waals surface area (Å²) in [4.78, 5) is 27.8. The number of amides is 1. The van der Waals surface area contributed by atoms with Crippen LogP contribution >= 0.6 is 11.3 Å². The zero-order valence-electron chi connectivity index (χ0n) is 16.0. The fourth-order valence-corrected chi connectivity index (χ4v) is 5.02. The number of hydrogen-bond donors (Lipinski definition) is 0. The van der Waals surface area contributed by atoms with E-state index in [4.69, 9.17) is 14.2 Å². The smallest absolute Gasteiger partial charge is 0.264 e. The minimum absolute atomic E-state index is 0.0252. The summed E-state index contributed by atoms with van der Waals surface area (Å²) in [5.41, 5.74) is 0.866. The number of nitrogens with zero attached hydrogens (tertiary/aromatic N) is 4. The predicted octanol–water partition coefficient (Wildman–Crippen LogP) is 1.31. The SMILES string of the molecule is COCc1nc(OC)c2c(C)c(C(=O)N3C[C@H]4OCCN(C)[C@H]4C3)sc2n1. The molecular formula is C18H24N4O4S. The number of likely N-dealkylation sites (N-methyl/N-ethyl adjacent to an activating group) is 1. The van der Waals surface area contributed by atoms with Crippen LogP contribution in [0.2, 0.25) is 0 Å². The summed E-state index contributed by atoms with van der Waals surface area (Å²) in [5.74, 6) is 1.06. The lowest BCUT2D eigenvalue weighted by atomic mass is 10.1. The van der Waals surface area contributed by atoms with Crippen LogP contribution in [0.15, 0.2) is 0 Å². The molecule has 2 fully saturated rings. The van der Waals surface area contributed by atoms with Crippen LogP contribution in [-0.2, 0) is 16.1 Å². The number of thiophene rings is 1. The fraction of sp³-hybridized carbons (Fsp3) is 0.611. The van der Waals surface area contributed by atoms with Crippen molar-refractivity contribution in [1.82, 2.24) is 19.8 Å². The van der Waals surface area contributed by atoms with Crippen LogP contribution < -0.4 is 4.74 Å². The van der Waals surface area contributed by atoms with E-state index in [0.717, 1.165) is 28.9 Å². The number of ether oxygens (including phenoxy) is 3. The predicted molar refractivity (Wildman–Crippen MR) is 101 cm³/mol. The molecule has 2 saturated heterocycles. The summed E-state index contributed by atoms with van der Waals surface area (Å²) in [6.07, 6.45) is 0.0880. The van der Waals surface area contributed by atoms with Crippen LogP contribution in [0.5, 0.6) is 5.88 Å². The number of morpholine rings is 1. The fourth-order valence-electron chi connectivity index (χ4n) is 3.86. The number of fused-ring (bicyclic) bond motifs is 2. The second kappa shape index (κ2) is 7.31. The highest BCUT2D eigenvalue weighted by atomic mass is 32.1. The summed E-state index contributed by atoms with van der Waals surface area (Å²) in [6, 6.07) is 0.264. The Hall–Kier alpha value is -1.81. The highest BCUT2D eigenvalue weighted by Gasteiger charge is 2.41. The van der Waals surface area contributed by atoms with Gasteiger partial charge < -0.3 is 19.1 Å². The zero-order chi connectivity index (χ0) is 19.1. The Morgan fingerprint density at radius 3 is 2.85 bits per heavy atom. The molecule has 2 aliphatic heterocycles. The largest absolute Gasteiger partial charge is 0.480 e. The Kier molecular flexibility index (Phi) is 5.02. The first-order valence-electron chi connectivity index (χ1n) is 8.97. The van der Waals surface area contributed by atoms with Gasteiger partial charge in [-0.2, -0.15) is 4.98 Å². The maximum Gasteiger partial charge on any atom is 0.264 e. The quantitative estimate of drug-likeness (QED) is 0.776. The number of carbonyl (C=O) groups excluding carboxylic acids is 1. The van der Waals surface area contributed by atoms with E-state index in [9.17, 15) is 4.79 Å². The molecule has 0 bridgehead atoms. The van der Waals surface area contributed by atoms with Crippen molar-refractivity contribution in [2.24, 2.45) is 0 Å². The normalized spacial score (nSPS) is 23.0. The molecule has 4 rings (SSSR count). The lowest BCUT2D eigenvalue weighted by molar-refractivity contribution is -0.0368. The van der Waals surface area contributed by atoms with E-state index in [1.165, 1.54) is 11.3 Å². The van der Waals surface area contributed by atoms with Crippen LogP contribution in [0.4, 0.5) is 0 Å². The molecule has 8 nitrogen and oxygen atoms in total. The Bertz CT molecular complexity index is 871. The van der Waals surface area contributed by atoms with Gasteiger partial charge in [0, 0.05) is 26.7 Å². The molecule has 0 N–H and O–H groups in total. The average molecular weight is 392 g/mol. The molecule has 0 radical (unpaired) electrons. The molecule has 146 valence electrons. The van der Waals surface area contributed by atoms with Crippen molar-refractivity contribution in [3.05, 3.63) is 16.3 Å². The molecule has 0 aromatic carbocycles. The molecule has 2 aromatic rings. The van der Waals surface area contributed by atoms with Gasteiger partial charge in [0.1, 0.15) is 11.4 Å². The van der Waals surface area contributed by atoms with Crippen molar-refractivity contribution in [2.75, 3.05) is 47.5 Å². The van der Waals surface area contributed by atoms with E-state index in [1.807, 2.05) is 11.8 Å². The Balaban J connectivity index is 1.67. The monoisotopic (exact) mass is 392 g/mol. The second-order valence-electron chi connectivity index (χ2n) is 6.99. The molecule has 2 aromatic heterocycles. The van der Waals surface area contributed by atoms with Crippen LogP contribution in [0.3, 0.4) is 0 Å². The maximum atomic E-state index is 13.2. The topological polar surface area (TPSA) is 77.0 Å². The number of aromatic nitrogens is 2. The molecule has 4 heterocycles. The Labute approximate surface area is 162 Å². The molecule has 0 spiro atoms. The highest BCUT2D eigenvalue weighted by molar-refractivity contribution is 7.20. The van der Waals surface area contributed by atoms with Gasteiger partial charge in [-0.15, -0.1) is 11.3 Å². The molecule has 0 aliphatic carbocycles. The number of aryl methyl sites for hydroxylation is 1. The van der Waals surface area contributed by atoms with Crippen molar-refractivity contribution in [3.63, 3.8) is 0 Å². The standard InChI is InChI=1S/C18H24N4O4S/c1-10-14-16(25-4)19-13(9-24-3)20-17(14)27-15(10)18(23)22-7-11-12(8-22)26-6-5-21(11)2/h11-12H,5-9H2,1-4H3/t11-,12+/m0/s1. The third-order valence-corrected chi connectivity index (χ3v) is 6.50. The van der Waals surface area contributed by atoms with Crippen LogP contribution in [0.1, 0.15) is 21.1 Å². The first-order chi connectivity index (χ1) is 13.0. The Morgan fingerprint density at radius 1 is 1.33 bits per heavy atom. The number of methoxy groups -OCH3 is 2. The van der Waals surface area contributed by atoms with Crippen LogP contribution in [0, 0.1) is 6.92 Å². The highest BCUT2D eigenvalue weighted by Crippen LogP contribution is 2.36. The first kappa shape index (κ1) is 18.5. The van der Waals surface area contributed by atoms with Crippen molar-refractivity contribution in [3.8, 4) is 5.88 Å². The lowest BCUT2D eigenvalue weighted by Crippen LogP contribution is -2.48. The summed E-state index contributed by atoms with van der Waals surface area (Å²) in [6.45, 7) is 5.16. The van der Waals surface area contributed by atoms with Gasteiger partial charge >= 0.3 is 0 Å². The van der Waals surface area contributed by atoms with Crippen molar-refractivity contribution in [1.29, 1.82) is 0 Å². The van der Waals surface area contributed by atoms with Crippen LogP contribution in [-0.4, -0.2) is 85.3 Å². The molecular weight excluding hydrogens is 368 g/mol. The first-order valence-corrected chi connectivity index (χ1v) is 9.79. The second-order valence-corrected chi connectivity index (χ2v) is 7.98. The van der Waals surface area contributed by atoms with E-state index in [1.54, 1.807) is 14.2 Å². The molecule has 9 heteroatoms. The molecule has 2 atom stereocenters. The molecule has 27 heavy (non-hydrogen) atoms. The van der Waals surface area contributed by atoms with Gasteiger partial charge in [-0.3, -0.25) is 9.69 Å². The minimum Gasteiger partial charge on any atom is -0.480 e. The van der Waals surface area contributed by atoms with Gasteiger partial charge in [0.25, 0.3) is 5.91 Å². The maximum absolute atomic E-state index is 13.2. The molecule has 1 amide bonds. The van der Waals surface area contributed by atoms with Gasteiger partial charge in [-0.25, -0.2) is 4.98 Å². The summed E-state index contributed by atoms with van der Waals surface area (Å²) in [5, 5.41) is 0.802. The number of carbonyl (C=O) groups is 1. The zero-order valence-corrected chi connectivity index (χ0v) is 16.8. The number of likely N-dealkylation sites (tertiary alicyclic amines) is 1. The summed E-state index contributed by atoms with van der Waals surface area (Å²) >= 11 is 1.39.